The summed E-state index contributed by atoms with van der Waals surface area (Å²) in [6.45, 7) is 5.00. The van der Waals surface area contributed by atoms with Gasteiger partial charge in [-0.25, -0.2) is 0 Å². The van der Waals surface area contributed by atoms with Gasteiger partial charge in [0.25, 0.3) is 0 Å². The van der Waals surface area contributed by atoms with E-state index in [-0.39, 0.29) is 17.9 Å². The first-order valence-electron chi connectivity index (χ1n) is 5.88. The van der Waals surface area contributed by atoms with Gasteiger partial charge in [0, 0.05) is 16.2 Å². The summed E-state index contributed by atoms with van der Waals surface area (Å²) >= 11 is 3.45. The molecule has 0 spiro atoms. The Morgan fingerprint density at radius 3 is 2.88 bits per heavy atom. The van der Waals surface area contributed by atoms with E-state index in [1.165, 1.54) is 0 Å². The van der Waals surface area contributed by atoms with Crippen molar-refractivity contribution in [1.82, 2.24) is 5.32 Å². The van der Waals surface area contributed by atoms with Gasteiger partial charge in [0.05, 0.1) is 5.92 Å². The summed E-state index contributed by atoms with van der Waals surface area (Å²) in [5.74, 6) is 0.197. The predicted molar refractivity (Wildman–Crippen MR) is 73.1 cm³/mol. The lowest BCUT2D eigenvalue weighted by Gasteiger charge is -2.15. The molecule has 0 radical (unpaired) electrons. The number of hydrogen-bond acceptors (Lipinski definition) is 2. The fraction of sp³-hybridized carbons (Fsp3) is 0.462. The van der Waals surface area contributed by atoms with Crippen molar-refractivity contribution in [2.45, 2.75) is 26.3 Å². The molecule has 1 amide bonds. The van der Waals surface area contributed by atoms with Crippen LogP contribution in [-0.2, 0) is 4.79 Å². The lowest BCUT2D eigenvalue weighted by molar-refractivity contribution is -0.119. The molecule has 1 aliphatic heterocycles. The van der Waals surface area contributed by atoms with Crippen molar-refractivity contribution in [2.75, 3.05) is 11.9 Å². The number of carbonyl (C=O) groups is 1. The van der Waals surface area contributed by atoms with Crippen molar-refractivity contribution in [3.8, 4) is 0 Å². The van der Waals surface area contributed by atoms with Crippen LogP contribution in [0.4, 0.5) is 5.69 Å². The van der Waals surface area contributed by atoms with E-state index >= 15 is 0 Å². The molecule has 4 heteroatoms. The number of halogens is 1. The molecule has 2 unspecified atom stereocenters. The van der Waals surface area contributed by atoms with Gasteiger partial charge in [0.2, 0.25) is 5.91 Å². The summed E-state index contributed by atoms with van der Waals surface area (Å²) in [7, 11) is 0. The van der Waals surface area contributed by atoms with Gasteiger partial charge >= 0.3 is 0 Å². The van der Waals surface area contributed by atoms with Crippen molar-refractivity contribution in [3.05, 3.63) is 28.2 Å². The Balaban J connectivity index is 2.05. The first-order chi connectivity index (χ1) is 8.08. The summed E-state index contributed by atoms with van der Waals surface area (Å²) in [6, 6.07) is 6.13. The standard InChI is InChI=1S/C13H17BrN2O/c1-8-7-10(3-4-12(8)14)16-13(17)11-5-6-15-9(11)2/h3-4,7,9,11,15H,5-6H2,1-2H3,(H,16,17). The van der Waals surface area contributed by atoms with Gasteiger partial charge in [-0.2, -0.15) is 0 Å². The van der Waals surface area contributed by atoms with E-state index in [0.717, 1.165) is 28.7 Å². The van der Waals surface area contributed by atoms with Crippen LogP contribution in [0, 0.1) is 12.8 Å². The molecule has 3 nitrogen and oxygen atoms in total. The molecule has 17 heavy (non-hydrogen) atoms. The molecule has 0 aliphatic carbocycles. The van der Waals surface area contributed by atoms with Crippen LogP contribution in [0.15, 0.2) is 22.7 Å². The average molecular weight is 297 g/mol. The second-order valence-electron chi connectivity index (χ2n) is 4.59. The molecule has 2 rings (SSSR count). The van der Waals surface area contributed by atoms with Crippen molar-refractivity contribution in [2.24, 2.45) is 5.92 Å². The topological polar surface area (TPSA) is 41.1 Å². The number of rotatable bonds is 2. The molecule has 2 N–H and O–H groups in total. The van der Waals surface area contributed by atoms with E-state index in [2.05, 4.69) is 33.5 Å². The maximum absolute atomic E-state index is 12.1. The summed E-state index contributed by atoms with van der Waals surface area (Å²) in [4.78, 5) is 12.1. The van der Waals surface area contributed by atoms with E-state index in [4.69, 9.17) is 0 Å². The average Bonchev–Trinajstić information content (AvgIpc) is 2.70. The second-order valence-corrected chi connectivity index (χ2v) is 5.45. The first kappa shape index (κ1) is 12.6. The van der Waals surface area contributed by atoms with Crippen LogP contribution in [-0.4, -0.2) is 18.5 Å². The molecule has 1 fully saturated rings. The van der Waals surface area contributed by atoms with Gasteiger partial charge in [0.15, 0.2) is 0 Å². The number of hydrogen-bond donors (Lipinski definition) is 2. The zero-order valence-electron chi connectivity index (χ0n) is 10.1. The van der Waals surface area contributed by atoms with Gasteiger partial charge in [0.1, 0.15) is 0 Å². The summed E-state index contributed by atoms with van der Waals surface area (Å²) in [6.07, 6.45) is 0.919. The maximum atomic E-state index is 12.1. The van der Waals surface area contributed by atoms with E-state index in [0.29, 0.717) is 0 Å². The number of amides is 1. The van der Waals surface area contributed by atoms with Crippen LogP contribution in [0.5, 0.6) is 0 Å². The first-order valence-corrected chi connectivity index (χ1v) is 6.67. The SMILES string of the molecule is Cc1cc(NC(=O)C2CCNC2C)ccc1Br. The fourth-order valence-corrected chi connectivity index (χ4v) is 2.42. The van der Waals surface area contributed by atoms with Crippen LogP contribution < -0.4 is 10.6 Å². The Morgan fingerprint density at radius 1 is 1.53 bits per heavy atom. The largest absolute Gasteiger partial charge is 0.326 e. The lowest BCUT2D eigenvalue weighted by Crippen LogP contribution is -2.32. The normalized spacial score (nSPS) is 23.7. The molecular weight excluding hydrogens is 280 g/mol. The van der Waals surface area contributed by atoms with E-state index in [1.54, 1.807) is 0 Å². The minimum Gasteiger partial charge on any atom is -0.326 e. The highest BCUT2D eigenvalue weighted by molar-refractivity contribution is 9.10. The minimum atomic E-state index is 0.0824. The number of aryl methyl sites for hydroxylation is 1. The number of benzene rings is 1. The molecule has 0 saturated carbocycles. The molecule has 0 bridgehead atoms. The Bertz CT molecular complexity index is 433. The monoisotopic (exact) mass is 296 g/mol. The van der Waals surface area contributed by atoms with Crippen molar-refractivity contribution in [3.63, 3.8) is 0 Å². The quantitative estimate of drug-likeness (QED) is 0.881. The molecule has 1 saturated heterocycles. The van der Waals surface area contributed by atoms with Gasteiger partial charge in [-0.1, -0.05) is 15.9 Å². The minimum absolute atomic E-state index is 0.0824. The van der Waals surface area contributed by atoms with Crippen LogP contribution in [0.25, 0.3) is 0 Å². The number of anilines is 1. The highest BCUT2D eigenvalue weighted by Crippen LogP contribution is 2.22. The van der Waals surface area contributed by atoms with Crippen LogP contribution >= 0.6 is 15.9 Å². The van der Waals surface area contributed by atoms with Gasteiger partial charge in [-0.15, -0.1) is 0 Å². The highest BCUT2D eigenvalue weighted by Gasteiger charge is 2.29. The van der Waals surface area contributed by atoms with E-state index in [9.17, 15) is 4.79 Å². The highest BCUT2D eigenvalue weighted by atomic mass is 79.9. The summed E-state index contributed by atoms with van der Waals surface area (Å²) in [5.41, 5.74) is 2.00. The maximum Gasteiger partial charge on any atom is 0.229 e. The predicted octanol–water partition coefficient (Wildman–Crippen LogP) is 2.69. The van der Waals surface area contributed by atoms with Gasteiger partial charge in [-0.05, 0) is 50.6 Å². The number of carbonyl (C=O) groups excluding carboxylic acids is 1. The Labute approximate surface area is 110 Å². The third-order valence-corrected chi connectivity index (χ3v) is 4.18. The lowest BCUT2D eigenvalue weighted by atomic mass is 10.0. The molecule has 0 aromatic heterocycles. The third-order valence-electron chi connectivity index (χ3n) is 3.29. The summed E-state index contributed by atoms with van der Waals surface area (Å²) in [5, 5.41) is 6.27. The molecule has 1 aromatic rings. The Hall–Kier alpha value is -0.870. The molecule has 2 atom stereocenters. The fourth-order valence-electron chi connectivity index (χ4n) is 2.17. The molecule has 1 heterocycles. The molecule has 1 aliphatic rings. The van der Waals surface area contributed by atoms with Crippen LogP contribution in [0.1, 0.15) is 18.9 Å². The molecule has 1 aromatic carbocycles. The third kappa shape index (κ3) is 2.87. The number of nitrogens with one attached hydrogen (secondary N) is 2. The smallest absolute Gasteiger partial charge is 0.229 e. The van der Waals surface area contributed by atoms with Gasteiger partial charge < -0.3 is 10.6 Å². The second kappa shape index (κ2) is 5.19. The Morgan fingerprint density at radius 2 is 2.29 bits per heavy atom. The van der Waals surface area contributed by atoms with Crippen LogP contribution in [0.3, 0.4) is 0 Å². The van der Waals surface area contributed by atoms with Gasteiger partial charge in [-0.3, -0.25) is 4.79 Å². The zero-order valence-corrected chi connectivity index (χ0v) is 11.7. The molecule has 92 valence electrons. The zero-order chi connectivity index (χ0) is 12.4. The van der Waals surface area contributed by atoms with E-state index < -0.39 is 0 Å². The Kier molecular flexibility index (Phi) is 3.84. The summed E-state index contributed by atoms with van der Waals surface area (Å²) < 4.78 is 1.06. The van der Waals surface area contributed by atoms with Crippen molar-refractivity contribution in [1.29, 1.82) is 0 Å². The van der Waals surface area contributed by atoms with Crippen molar-refractivity contribution < 1.29 is 4.79 Å². The van der Waals surface area contributed by atoms with E-state index in [1.807, 2.05) is 25.1 Å². The van der Waals surface area contributed by atoms with Crippen molar-refractivity contribution >= 4 is 27.5 Å². The van der Waals surface area contributed by atoms with Crippen LogP contribution in [0.2, 0.25) is 0 Å². The molecular formula is C13H17BrN2O.